The van der Waals surface area contributed by atoms with Gasteiger partial charge >= 0.3 is 0 Å². The van der Waals surface area contributed by atoms with Crippen molar-refractivity contribution in [3.63, 3.8) is 0 Å². The number of benzene rings is 2. The third kappa shape index (κ3) is 2.77. The summed E-state index contributed by atoms with van der Waals surface area (Å²) in [6.07, 6.45) is 0.831. The Hall–Kier alpha value is -3.09. The number of hydrogen-bond donors (Lipinski definition) is 1. The summed E-state index contributed by atoms with van der Waals surface area (Å²) in [4.78, 5) is 0. The minimum Gasteiger partial charge on any atom is -0.493 e. The lowest BCUT2D eigenvalue weighted by molar-refractivity contribution is 0.353. The van der Waals surface area contributed by atoms with Crippen LogP contribution in [0.4, 0.5) is 5.95 Å². The Labute approximate surface area is 145 Å². The molecule has 2 aromatic carbocycles. The van der Waals surface area contributed by atoms with Gasteiger partial charge in [0, 0.05) is 0 Å². The molecule has 2 heterocycles. The number of aromatic nitrogens is 4. The third-order valence-electron chi connectivity index (χ3n) is 4.54. The minimum absolute atomic E-state index is 0.0727. The van der Waals surface area contributed by atoms with Crippen molar-refractivity contribution in [1.29, 1.82) is 0 Å². The van der Waals surface area contributed by atoms with Crippen LogP contribution in [0.25, 0.3) is 0 Å². The molecule has 0 saturated carbocycles. The highest BCUT2D eigenvalue weighted by molar-refractivity contribution is 5.46. The topological polar surface area (TPSA) is 74.1 Å². The second-order valence-corrected chi connectivity index (χ2v) is 5.92. The molecule has 7 heteroatoms. The van der Waals surface area contributed by atoms with Crippen LogP contribution in [0.3, 0.4) is 0 Å². The first kappa shape index (κ1) is 15.4. The average Bonchev–Trinajstić information content (AvgIpc) is 3.16. The molecule has 4 rings (SSSR count). The molecule has 0 aliphatic carbocycles. The molecule has 2 atom stereocenters. The van der Waals surface area contributed by atoms with Gasteiger partial charge in [0.15, 0.2) is 11.5 Å². The van der Waals surface area contributed by atoms with E-state index in [9.17, 15) is 0 Å². The number of nitrogens with zero attached hydrogens (tertiary/aromatic N) is 4. The van der Waals surface area contributed by atoms with Crippen LogP contribution in [0.1, 0.15) is 29.6 Å². The zero-order chi connectivity index (χ0) is 17.2. The van der Waals surface area contributed by atoms with Gasteiger partial charge in [-0.1, -0.05) is 41.5 Å². The van der Waals surface area contributed by atoms with Crippen LogP contribution < -0.4 is 14.8 Å². The molecule has 7 nitrogen and oxygen atoms in total. The van der Waals surface area contributed by atoms with Gasteiger partial charge in [0.05, 0.1) is 26.3 Å². The molecule has 1 aliphatic heterocycles. The zero-order valence-corrected chi connectivity index (χ0v) is 14.1. The van der Waals surface area contributed by atoms with Gasteiger partial charge in [-0.2, -0.15) is 0 Å². The van der Waals surface area contributed by atoms with E-state index in [4.69, 9.17) is 9.47 Å². The summed E-state index contributed by atoms with van der Waals surface area (Å²) in [7, 11) is 3.28. The summed E-state index contributed by atoms with van der Waals surface area (Å²) in [5.41, 5.74) is 2.29. The Kier molecular flexibility index (Phi) is 3.97. The monoisotopic (exact) mass is 337 g/mol. The second-order valence-electron chi connectivity index (χ2n) is 5.92. The number of anilines is 1. The fourth-order valence-electron chi connectivity index (χ4n) is 3.28. The third-order valence-corrected chi connectivity index (χ3v) is 4.54. The van der Waals surface area contributed by atoms with E-state index in [0.717, 1.165) is 12.0 Å². The quantitative estimate of drug-likeness (QED) is 0.789. The van der Waals surface area contributed by atoms with Crippen molar-refractivity contribution >= 4 is 5.95 Å². The summed E-state index contributed by atoms with van der Waals surface area (Å²) in [5.74, 6) is 2.09. The summed E-state index contributed by atoms with van der Waals surface area (Å²) in [5, 5.41) is 15.5. The number of hydrogen-bond acceptors (Lipinski definition) is 6. The van der Waals surface area contributed by atoms with Crippen LogP contribution in [-0.2, 0) is 0 Å². The lowest BCUT2D eigenvalue weighted by Gasteiger charge is -2.31. The van der Waals surface area contributed by atoms with Gasteiger partial charge in [-0.15, -0.1) is 0 Å². The summed E-state index contributed by atoms with van der Waals surface area (Å²) >= 11 is 0. The highest BCUT2D eigenvalue weighted by Crippen LogP contribution is 2.39. The molecule has 0 saturated heterocycles. The van der Waals surface area contributed by atoms with Gasteiger partial charge < -0.3 is 14.8 Å². The number of fused-ring (bicyclic) bond motifs is 1. The van der Waals surface area contributed by atoms with E-state index in [-0.39, 0.29) is 12.1 Å². The van der Waals surface area contributed by atoms with E-state index in [1.807, 2.05) is 41.1 Å². The molecule has 3 aromatic rings. The van der Waals surface area contributed by atoms with Crippen molar-refractivity contribution in [2.45, 2.75) is 18.5 Å². The van der Waals surface area contributed by atoms with Crippen molar-refractivity contribution in [3.8, 4) is 11.5 Å². The molecule has 2 unspecified atom stereocenters. The number of tetrazole rings is 1. The number of nitrogens with one attached hydrogen (secondary N) is 1. The maximum Gasteiger partial charge on any atom is 0.243 e. The van der Waals surface area contributed by atoms with Crippen LogP contribution in [0.15, 0.2) is 48.5 Å². The van der Waals surface area contributed by atoms with Gasteiger partial charge in [0.25, 0.3) is 0 Å². The van der Waals surface area contributed by atoms with E-state index >= 15 is 0 Å². The lowest BCUT2D eigenvalue weighted by Crippen LogP contribution is -2.28. The highest BCUT2D eigenvalue weighted by atomic mass is 16.5. The minimum atomic E-state index is 0.0727. The van der Waals surface area contributed by atoms with E-state index in [2.05, 4.69) is 33.0 Å². The van der Waals surface area contributed by atoms with E-state index in [0.29, 0.717) is 17.4 Å². The van der Waals surface area contributed by atoms with Crippen LogP contribution in [0.2, 0.25) is 0 Å². The summed E-state index contributed by atoms with van der Waals surface area (Å²) in [6, 6.07) is 16.4. The van der Waals surface area contributed by atoms with Gasteiger partial charge in [0.1, 0.15) is 0 Å². The van der Waals surface area contributed by atoms with Gasteiger partial charge in [-0.3, -0.25) is 0 Å². The molecule has 128 valence electrons. The van der Waals surface area contributed by atoms with Crippen molar-refractivity contribution in [1.82, 2.24) is 20.2 Å². The largest absolute Gasteiger partial charge is 0.493 e. The molecule has 0 spiro atoms. The number of methoxy groups -OCH3 is 2. The van der Waals surface area contributed by atoms with E-state index in [1.165, 1.54) is 5.56 Å². The Bertz CT molecular complexity index is 865. The maximum atomic E-state index is 5.44. The average molecular weight is 337 g/mol. The summed E-state index contributed by atoms with van der Waals surface area (Å²) < 4.78 is 12.6. The number of ether oxygens (including phenoxy) is 2. The highest BCUT2D eigenvalue weighted by Gasteiger charge is 2.30. The lowest BCUT2D eigenvalue weighted by atomic mass is 9.93. The van der Waals surface area contributed by atoms with Crippen molar-refractivity contribution in [2.75, 3.05) is 19.5 Å². The van der Waals surface area contributed by atoms with Crippen LogP contribution >= 0.6 is 0 Å². The smallest absolute Gasteiger partial charge is 0.243 e. The molecule has 1 aliphatic rings. The second kappa shape index (κ2) is 6.43. The standard InChI is InChI=1S/C18H19N5O2/c1-24-16-9-8-13(10-17(16)25-2)14-11-15(12-6-4-3-5-7-12)23-18(19-14)20-21-22-23/h3-10,14-15H,11H2,1-2H3,(H,19,20,22). The molecular weight excluding hydrogens is 318 g/mol. The van der Waals surface area contributed by atoms with Crippen LogP contribution in [-0.4, -0.2) is 34.4 Å². The Morgan fingerprint density at radius 2 is 1.80 bits per heavy atom. The first-order chi connectivity index (χ1) is 12.3. The molecule has 1 N–H and O–H groups in total. The van der Waals surface area contributed by atoms with E-state index in [1.54, 1.807) is 14.2 Å². The molecule has 0 bridgehead atoms. The Morgan fingerprint density at radius 1 is 1.00 bits per heavy atom. The van der Waals surface area contributed by atoms with E-state index < -0.39 is 0 Å². The molecule has 0 fully saturated rings. The first-order valence-electron chi connectivity index (χ1n) is 8.11. The Balaban J connectivity index is 1.71. The van der Waals surface area contributed by atoms with Gasteiger partial charge in [0.2, 0.25) is 5.95 Å². The predicted molar refractivity (Wildman–Crippen MR) is 92.9 cm³/mol. The normalized spacial score (nSPS) is 19.0. The first-order valence-corrected chi connectivity index (χ1v) is 8.11. The van der Waals surface area contributed by atoms with Crippen LogP contribution in [0, 0.1) is 0 Å². The molecule has 0 amide bonds. The van der Waals surface area contributed by atoms with Crippen molar-refractivity contribution < 1.29 is 9.47 Å². The fourth-order valence-corrected chi connectivity index (χ4v) is 3.28. The molecular formula is C18H19N5O2. The van der Waals surface area contributed by atoms with Crippen LogP contribution in [0.5, 0.6) is 11.5 Å². The predicted octanol–water partition coefficient (Wildman–Crippen LogP) is 2.84. The zero-order valence-electron chi connectivity index (χ0n) is 14.1. The molecule has 25 heavy (non-hydrogen) atoms. The molecule has 0 radical (unpaired) electrons. The maximum absolute atomic E-state index is 5.44. The summed E-state index contributed by atoms with van der Waals surface area (Å²) in [6.45, 7) is 0. The fraction of sp³-hybridized carbons (Fsp3) is 0.278. The van der Waals surface area contributed by atoms with Crippen molar-refractivity contribution in [2.24, 2.45) is 0 Å². The Morgan fingerprint density at radius 3 is 2.56 bits per heavy atom. The molecule has 1 aromatic heterocycles. The van der Waals surface area contributed by atoms with Gasteiger partial charge in [-0.05, 0) is 40.1 Å². The van der Waals surface area contributed by atoms with Crippen molar-refractivity contribution in [3.05, 3.63) is 59.7 Å². The SMILES string of the molecule is COc1ccc(C2CC(c3ccccc3)n3nnnc3N2)cc1OC. The van der Waals surface area contributed by atoms with Gasteiger partial charge in [-0.25, -0.2) is 4.68 Å². The number of rotatable bonds is 4.